The highest BCUT2D eigenvalue weighted by Gasteiger charge is 2.38. The first-order valence-corrected chi connectivity index (χ1v) is 6.68. The van der Waals surface area contributed by atoms with Crippen molar-refractivity contribution in [2.24, 2.45) is 5.41 Å². The molecule has 20 heavy (non-hydrogen) atoms. The van der Waals surface area contributed by atoms with Crippen molar-refractivity contribution >= 4 is 28.2 Å². The molecule has 1 aromatic carbocycles. The molecule has 2 N–H and O–H groups in total. The number of aliphatic hydroxyl groups is 1. The number of aliphatic hydroxyl groups excluding tert-OH is 1. The molecule has 0 bridgehead atoms. The van der Waals surface area contributed by atoms with Crippen LogP contribution in [0.25, 0.3) is 10.9 Å². The molecular weight excluding hydrogens is 283 g/mol. The van der Waals surface area contributed by atoms with Crippen LogP contribution in [0.4, 0.5) is 10.1 Å². The van der Waals surface area contributed by atoms with E-state index in [0.29, 0.717) is 35.9 Å². The highest BCUT2D eigenvalue weighted by atomic mass is 35.5. The van der Waals surface area contributed by atoms with E-state index >= 15 is 0 Å². The zero-order valence-electron chi connectivity index (χ0n) is 10.7. The van der Waals surface area contributed by atoms with Crippen LogP contribution in [0.2, 0.25) is 5.02 Å². The van der Waals surface area contributed by atoms with Gasteiger partial charge in [-0.15, -0.1) is 0 Å². The molecule has 2 aromatic rings. The molecule has 0 unspecified atom stereocenters. The van der Waals surface area contributed by atoms with Crippen LogP contribution in [0.15, 0.2) is 24.4 Å². The minimum Gasteiger partial charge on any atom is -0.396 e. The van der Waals surface area contributed by atoms with Crippen molar-refractivity contribution in [2.75, 3.05) is 31.7 Å². The molecule has 106 valence electrons. The minimum absolute atomic E-state index is 0.0132. The second kappa shape index (κ2) is 5.16. The van der Waals surface area contributed by atoms with Gasteiger partial charge in [-0.2, -0.15) is 0 Å². The fraction of sp³-hybridized carbons (Fsp3) is 0.357. The molecule has 0 aliphatic carbocycles. The van der Waals surface area contributed by atoms with Gasteiger partial charge in [0, 0.05) is 18.1 Å². The Kier molecular flexibility index (Phi) is 3.50. The third kappa shape index (κ3) is 2.22. The predicted octanol–water partition coefficient (Wildman–Crippen LogP) is 2.45. The molecule has 1 aromatic heterocycles. The van der Waals surface area contributed by atoms with Crippen LogP contribution < -0.4 is 5.32 Å². The summed E-state index contributed by atoms with van der Waals surface area (Å²) in [6.45, 7) is 1.43. The lowest BCUT2D eigenvalue weighted by Crippen LogP contribution is -2.50. The molecule has 2 heterocycles. The molecule has 0 radical (unpaired) electrons. The molecule has 4 nitrogen and oxygen atoms in total. The van der Waals surface area contributed by atoms with E-state index in [1.165, 1.54) is 6.20 Å². The van der Waals surface area contributed by atoms with E-state index in [0.717, 1.165) is 0 Å². The molecule has 1 fully saturated rings. The highest BCUT2D eigenvalue weighted by molar-refractivity contribution is 6.35. The van der Waals surface area contributed by atoms with E-state index in [9.17, 15) is 9.50 Å². The minimum atomic E-state index is -0.432. The van der Waals surface area contributed by atoms with Gasteiger partial charge in [-0.25, -0.2) is 4.39 Å². The number of anilines is 1. The average Bonchev–Trinajstić information content (AvgIpc) is 2.41. The van der Waals surface area contributed by atoms with Gasteiger partial charge in [-0.05, 0) is 18.2 Å². The Labute approximate surface area is 120 Å². The molecule has 6 heteroatoms. The number of hydrogen-bond donors (Lipinski definition) is 2. The zero-order chi connectivity index (χ0) is 14.2. The maximum atomic E-state index is 14.4. The predicted molar refractivity (Wildman–Crippen MR) is 75.5 cm³/mol. The molecule has 0 saturated carbocycles. The number of fused-ring (bicyclic) bond motifs is 1. The number of benzene rings is 1. The summed E-state index contributed by atoms with van der Waals surface area (Å²) >= 11 is 6.01. The van der Waals surface area contributed by atoms with Gasteiger partial charge in [0.15, 0.2) is 5.82 Å². The van der Waals surface area contributed by atoms with E-state index in [4.69, 9.17) is 16.3 Å². The van der Waals surface area contributed by atoms with Crippen LogP contribution in [-0.2, 0) is 4.74 Å². The SMILES string of the molecule is OCC1(CNc2ccc3c(Cl)ccnc3c2F)COC1. The second-order valence-corrected chi connectivity index (χ2v) is 5.53. The molecule has 1 aliphatic rings. The molecule has 0 spiro atoms. The van der Waals surface area contributed by atoms with Gasteiger partial charge < -0.3 is 15.2 Å². The number of halogens is 2. The lowest BCUT2D eigenvalue weighted by molar-refractivity contribution is -0.128. The lowest BCUT2D eigenvalue weighted by atomic mass is 9.87. The van der Waals surface area contributed by atoms with Gasteiger partial charge in [0.05, 0.1) is 35.9 Å². The van der Waals surface area contributed by atoms with Crippen molar-refractivity contribution in [3.63, 3.8) is 0 Å². The first-order chi connectivity index (χ1) is 9.65. The fourth-order valence-electron chi connectivity index (χ4n) is 2.21. The number of hydrogen-bond acceptors (Lipinski definition) is 4. The fourth-order valence-corrected chi connectivity index (χ4v) is 2.42. The van der Waals surface area contributed by atoms with Crippen LogP contribution >= 0.6 is 11.6 Å². The molecule has 3 rings (SSSR count). The van der Waals surface area contributed by atoms with Gasteiger partial charge in [0.2, 0.25) is 0 Å². The number of nitrogens with one attached hydrogen (secondary N) is 1. The van der Waals surface area contributed by atoms with Crippen LogP contribution in [0.5, 0.6) is 0 Å². The van der Waals surface area contributed by atoms with Crippen LogP contribution in [0, 0.1) is 11.2 Å². The first kappa shape index (κ1) is 13.5. The number of aromatic nitrogens is 1. The number of ether oxygens (including phenoxy) is 1. The van der Waals surface area contributed by atoms with Gasteiger partial charge in [0.25, 0.3) is 0 Å². The third-order valence-electron chi connectivity index (χ3n) is 3.60. The van der Waals surface area contributed by atoms with Gasteiger partial charge in [-0.3, -0.25) is 4.98 Å². The quantitative estimate of drug-likeness (QED) is 0.910. The summed E-state index contributed by atoms with van der Waals surface area (Å²) in [5, 5.41) is 13.4. The lowest BCUT2D eigenvalue weighted by Gasteiger charge is -2.40. The Morgan fingerprint density at radius 3 is 2.85 bits per heavy atom. The zero-order valence-corrected chi connectivity index (χ0v) is 11.5. The van der Waals surface area contributed by atoms with Gasteiger partial charge >= 0.3 is 0 Å². The number of nitrogens with zero attached hydrogens (tertiary/aromatic N) is 1. The summed E-state index contributed by atoms with van der Waals surface area (Å²) in [5.74, 6) is -0.432. The molecule has 1 saturated heterocycles. The summed E-state index contributed by atoms with van der Waals surface area (Å²) in [4.78, 5) is 4.03. The average molecular weight is 297 g/mol. The maximum Gasteiger partial charge on any atom is 0.172 e. The van der Waals surface area contributed by atoms with Crippen LogP contribution in [-0.4, -0.2) is 36.5 Å². The maximum absolute atomic E-state index is 14.4. The van der Waals surface area contributed by atoms with Crippen molar-refractivity contribution in [1.29, 1.82) is 0 Å². The smallest absolute Gasteiger partial charge is 0.172 e. The molecule has 0 amide bonds. The summed E-state index contributed by atoms with van der Waals surface area (Å²) in [6.07, 6.45) is 1.48. The van der Waals surface area contributed by atoms with Crippen LogP contribution in [0.1, 0.15) is 0 Å². The van der Waals surface area contributed by atoms with E-state index in [-0.39, 0.29) is 17.5 Å². The molecule has 0 atom stereocenters. The highest BCUT2D eigenvalue weighted by Crippen LogP contribution is 2.30. The number of rotatable bonds is 4. The van der Waals surface area contributed by atoms with E-state index in [1.54, 1.807) is 18.2 Å². The first-order valence-electron chi connectivity index (χ1n) is 6.30. The summed E-state index contributed by atoms with van der Waals surface area (Å²) in [5.41, 5.74) is 0.279. The largest absolute Gasteiger partial charge is 0.396 e. The van der Waals surface area contributed by atoms with Crippen molar-refractivity contribution < 1.29 is 14.2 Å². The Balaban J connectivity index is 1.87. The third-order valence-corrected chi connectivity index (χ3v) is 3.93. The Hall–Kier alpha value is -1.43. The summed E-state index contributed by atoms with van der Waals surface area (Å²) < 4.78 is 19.5. The summed E-state index contributed by atoms with van der Waals surface area (Å²) in [6, 6.07) is 5.00. The molecular formula is C14H14ClFN2O2. The van der Waals surface area contributed by atoms with Gasteiger partial charge in [0.1, 0.15) is 5.52 Å². The number of pyridine rings is 1. The Morgan fingerprint density at radius 1 is 1.40 bits per heavy atom. The van der Waals surface area contributed by atoms with Crippen LogP contribution in [0.3, 0.4) is 0 Å². The van der Waals surface area contributed by atoms with E-state index in [2.05, 4.69) is 10.3 Å². The van der Waals surface area contributed by atoms with Crippen molar-refractivity contribution in [3.05, 3.63) is 35.2 Å². The monoisotopic (exact) mass is 296 g/mol. The Morgan fingerprint density at radius 2 is 2.20 bits per heavy atom. The van der Waals surface area contributed by atoms with Gasteiger partial charge in [-0.1, -0.05) is 11.6 Å². The second-order valence-electron chi connectivity index (χ2n) is 5.12. The standard InChI is InChI=1S/C14H14ClFN2O2/c15-10-3-4-17-13-9(10)1-2-11(12(13)16)18-5-14(6-19)7-20-8-14/h1-4,18-19H,5-8H2. The van der Waals surface area contributed by atoms with E-state index < -0.39 is 5.82 Å². The molecule has 1 aliphatic heterocycles. The van der Waals surface area contributed by atoms with Crippen molar-refractivity contribution in [3.8, 4) is 0 Å². The summed E-state index contributed by atoms with van der Waals surface area (Å²) in [7, 11) is 0. The van der Waals surface area contributed by atoms with Crippen molar-refractivity contribution in [2.45, 2.75) is 0 Å². The Bertz CT molecular complexity index is 641. The normalized spacial score (nSPS) is 16.9. The van der Waals surface area contributed by atoms with Crippen molar-refractivity contribution in [1.82, 2.24) is 4.98 Å². The topological polar surface area (TPSA) is 54.4 Å². The van der Waals surface area contributed by atoms with E-state index in [1.807, 2.05) is 0 Å².